The van der Waals surface area contributed by atoms with E-state index in [2.05, 4.69) is 4.52 Å². The third-order valence-electron chi connectivity index (χ3n) is 1.51. The monoisotopic (exact) mass is 237 g/mol. The van der Waals surface area contributed by atoms with Crippen LogP contribution in [0.15, 0.2) is 24.3 Å². The zero-order chi connectivity index (χ0) is 10.6. The summed E-state index contributed by atoms with van der Waals surface area (Å²) in [7, 11) is -2.20. The Labute approximate surface area is 112 Å². The molecule has 1 atom stereocenters. The van der Waals surface area contributed by atoms with Gasteiger partial charge in [0.2, 0.25) is 5.30 Å². The summed E-state index contributed by atoms with van der Waals surface area (Å²) in [5.41, 5.74) is 0. The summed E-state index contributed by atoms with van der Waals surface area (Å²) in [5.74, 6) is -0.521. The van der Waals surface area contributed by atoms with E-state index in [1.807, 2.05) is 0 Å². The van der Waals surface area contributed by atoms with Gasteiger partial charge in [-0.3, -0.25) is 0 Å². The Morgan fingerprint density at radius 2 is 2.27 bits per heavy atom. The van der Waals surface area contributed by atoms with E-state index >= 15 is 0 Å². The molecule has 0 aliphatic heterocycles. The van der Waals surface area contributed by atoms with Crippen molar-refractivity contribution in [1.82, 2.24) is 0 Å². The summed E-state index contributed by atoms with van der Waals surface area (Å²) in [5, 5.41) is 9.39. The molecule has 4 nitrogen and oxygen atoms in total. The standard InChI is InChI=1S/C9H9O4P.Na.H/c1-2-9(11)13-14(12)8-5-3-4-7(10)6-8;;/h3-6H,2H2,1H3;;/q;+1;-1/p+1. The van der Waals surface area contributed by atoms with E-state index in [4.69, 9.17) is 5.11 Å². The Morgan fingerprint density at radius 1 is 1.60 bits per heavy atom. The van der Waals surface area contributed by atoms with Crippen LogP contribution in [0.2, 0.25) is 0 Å². The second-order valence-corrected chi connectivity index (χ2v) is 3.81. The second kappa shape index (κ2) is 6.96. The average molecular weight is 237 g/mol. The van der Waals surface area contributed by atoms with Gasteiger partial charge in [0.1, 0.15) is 5.75 Å². The Morgan fingerprint density at radius 3 is 2.80 bits per heavy atom. The maximum absolute atomic E-state index is 11.4. The van der Waals surface area contributed by atoms with Crippen LogP contribution in [0, 0.1) is 0 Å². The van der Waals surface area contributed by atoms with Crippen molar-refractivity contribution in [2.45, 2.75) is 13.3 Å². The Kier molecular flexibility index (Phi) is 6.77. The molecule has 0 radical (unpaired) electrons. The van der Waals surface area contributed by atoms with E-state index in [0.29, 0.717) is 5.30 Å². The first-order chi connectivity index (χ1) is 6.63. The van der Waals surface area contributed by atoms with Crippen LogP contribution in [0.3, 0.4) is 0 Å². The Hall–Kier alpha value is -0.410. The van der Waals surface area contributed by atoms with Crippen molar-refractivity contribution in [3.8, 4) is 5.75 Å². The normalized spacial score (nSPS) is 10.1. The number of hydrogen-bond acceptors (Lipinski definition) is 4. The number of carbonyl (C=O) groups is 1. The average Bonchev–Trinajstić information content (AvgIpc) is 2.17. The molecule has 0 bridgehead atoms. The topological polar surface area (TPSA) is 63.6 Å². The van der Waals surface area contributed by atoms with Crippen LogP contribution >= 0.6 is 8.03 Å². The van der Waals surface area contributed by atoms with Gasteiger partial charge in [0.15, 0.2) is 0 Å². The van der Waals surface area contributed by atoms with Gasteiger partial charge < -0.3 is 6.53 Å². The summed E-state index contributed by atoms with van der Waals surface area (Å²) < 4.78 is 16.0. The van der Waals surface area contributed by atoms with Gasteiger partial charge >= 0.3 is 43.6 Å². The zero-order valence-electron chi connectivity index (χ0n) is 9.64. The predicted molar refractivity (Wildman–Crippen MR) is 52.8 cm³/mol. The van der Waals surface area contributed by atoms with Crippen molar-refractivity contribution in [2.75, 3.05) is 0 Å². The van der Waals surface area contributed by atoms with Crippen molar-refractivity contribution >= 4 is 19.3 Å². The molecule has 0 amide bonds. The number of hydrogen-bond donors (Lipinski definition) is 1. The summed E-state index contributed by atoms with van der Waals surface area (Å²) >= 11 is 0. The molecule has 1 aromatic carbocycles. The van der Waals surface area contributed by atoms with Crippen LogP contribution in [0.25, 0.3) is 0 Å². The first-order valence-corrected chi connectivity index (χ1v) is 5.28. The van der Waals surface area contributed by atoms with Crippen molar-refractivity contribution in [3.05, 3.63) is 24.3 Å². The smallest absolute Gasteiger partial charge is 1.00 e. The van der Waals surface area contributed by atoms with E-state index in [1.54, 1.807) is 6.92 Å². The van der Waals surface area contributed by atoms with Crippen molar-refractivity contribution in [1.29, 1.82) is 0 Å². The quantitative estimate of drug-likeness (QED) is 0.531. The molecule has 0 spiro atoms. The summed E-state index contributed by atoms with van der Waals surface area (Å²) in [6.07, 6.45) is 0.180. The zero-order valence-corrected chi connectivity index (χ0v) is 11.5. The summed E-state index contributed by atoms with van der Waals surface area (Å²) in [4.78, 5) is 10.8. The van der Waals surface area contributed by atoms with Gasteiger partial charge in [0.25, 0.3) is 0 Å². The molecule has 0 fully saturated rings. The van der Waals surface area contributed by atoms with E-state index < -0.39 is 14.0 Å². The Balaban J connectivity index is 0. The molecule has 15 heavy (non-hydrogen) atoms. The molecule has 0 aliphatic rings. The van der Waals surface area contributed by atoms with E-state index in [-0.39, 0.29) is 43.2 Å². The van der Waals surface area contributed by atoms with Gasteiger partial charge in [-0.2, -0.15) is 0 Å². The number of rotatable bonds is 3. The van der Waals surface area contributed by atoms with Crippen molar-refractivity contribution in [2.24, 2.45) is 0 Å². The minimum atomic E-state index is -2.20. The van der Waals surface area contributed by atoms with Crippen LogP contribution in [0.1, 0.15) is 14.8 Å². The number of carbonyl (C=O) groups excluding carboxylic acids is 1. The Bertz CT molecular complexity index is 372. The summed E-state index contributed by atoms with van der Waals surface area (Å²) in [6.45, 7) is 1.62. The molecule has 1 rings (SSSR count). The molecule has 0 aliphatic carbocycles. The van der Waals surface area contributed by atoms with Gasteiger partial charge in [-0.15, -0.1) is 0 Å². The molecule has 76 valence electrons. The largest absolute Gasteiger partial charge is 1.00 e. The molecule has 0 saturated heterocycles. The molecule has 0 heterocycles. The van der Waals surface area contributed by atoms with E-state index in [1.165, 1.54) is 24.3 Å². The van der Waals surface area contributed by atoms with Crippen LogP contribution in [0.4, 0.5) is 0 Å². The summed E-state index contributed by atoms with van der Waals surface area (Å²) in [6, 6.07) is 5.83. The second-order valence-electron chi connectivity index (χ2n) is 2.59. The van der Waals surface area contributed by atoms with Crippen molar-refractivity contribution < 1.29 is 50.0 Å². The fourth-order valence-electron chi connectivity index (χ4n) is 0.816. The fraction of sp³-hybridized carbons (Fsp3) is 0.222. The van der Waals surface area contributed by atoms with Gasteiger partial charge in [-0.1, -0.05) is 13.0 Å². The number of benzene rings is 1. The molecule has 0 saturated carbocycles. The van der Waals surface area contributed by atoms with Gasteiger partial charge in [0.05, 0.1) is 0 Å². The number of phenolic OH excluding ortho intramolecular Hbond substituents is 1. The third kappa shape index (κ3) is 4.76. The molecule has 1 unspecified atom stereocenters. The van der Waals surface area contributed by atoms with Gasteiger partial charge in [0, 0.05) is 12.5 Å². The van der Waals surface area contributed by atoms with E-state index in [0.717, 1.165) is 0 Å². The van der Waals surface area contributed by atoms with Crippen LogP contribution in [-0.4, -0.2) is 11.1 Å². The van der Waals surface area contributed by atoms with E-state index in [9.17, 15) is 9.36 Å². The minimum Gasteiger partial charge on any atom is -1.00 e. The first kappa shape index (κ1) is 14.6. The predicted octanol–water partition coefficient (Wildman–Crippen LogP) is -1.17. The SMILES string of the molecule is CCC(=O)O[P+](=O)c1cccc(O)c1.[H-].[Na+]. The molecule has 1 N–H and O–H groups in total. The maximum Gasteiger partial charge on any atom is 1.00 e. The van der Waals surface area contributed by atoms with Crippen molar-refractivity contribution in [3.63, 3.8) is 0 Å². The van der Waals surface area contributed by atoms with Crippen LogP contribution in [-0.2, 0) is 13.9 Å². The molecule has 6 heteroatoms. The fourth-order valence-corrected chi connectivity index (χ4v) is 1.68. The molecule has 0 aromatic heterocycles. The number of aromatic hydroxyl groups is 1. The minimum absolute atomic E-state index is 0. The first-order valence-electron chi connectivity index (χ1n) is 4.10. The van der Waals surface area contributed by atoms with Gasteiger partial charge in [-0.05, 0) is 16.7 Å². The molecular weight excluding hydrogens is 226 g/mol. The molecule has 1 aromatic rings. The van der Waals surface area contributed by atoms with Crippen LogP contribution in [0.5, 0.6) is 5.75 Å². The molecular formula is C9H11NaO4P+. The maximum atomic E-state index is 11.4. The van der Waals surface area contributed by atoms with Crippen LogP contribution < -0.4 is 34.9 Å². The number of phenols is 1. The van der Waals surface area contributed by atoms with Gasteiger partial charge in [-0.25, -0.2) is 9.32 Å². The third-order valence-corrected chi connectivity index (χ3v) is 2.58.